The molecular formula is C23H17FN2O6. The molecule has 4 rings (SSSR count). The predicted molar refractivity (Wildman–Crippen MR) is 110 cm³/mol. The number of hydrogen-bond acceptors (Lipinski definition) is 7. The Labute approximate surface area is 181 Å². The van der Waals surface area contributed by atoms with E-state index in [9.17, 15) is 23.9 Å². The highest BCUT2D eigenvalue weighted by molar-refractivity contribution is 6.51. The van der Waals surface area contributed by atoms with Gasteiger partial charge in [0.05, 0.1) is 24.3 Å². The Morgan fingerprint density at radius 1 is 1.09 bits per heavy atom. The van der Waals surface area contributed by atoms with E-state index in [0.29, 0.717) is 11.3 Å². The average molecular weight is 436 g/mol. The summed E-state index contributed by atoms with van der Waals surface area (Å²) in [5, 5.41) is 14.8. The molecule has 1 aliphatic rings. The Balaban J connectivity index is 1.90. The number of anilines is 1. The number of methoxy groups -OCH3 is 1. The fourth-order valence-electron chi connectivity index (χ4n) is 3.53. The molecule has 1 amide bonds. The van der Waals surface area contributed by atoms with Gasteiger partial charge in [-0.05, 0) is 48.9 Å². The van der Waals surface area contributed by atoms with Gasteiger partial charge in [0.2, 0.25) is 0 Å². The molecule has 0 aliphatic carbocycles. The third kappa shape index (κ3) is 3.53. The largest absolute Gasteiger partial charge is 0.507 e. The molecule has 1 aliphatic heterocycles. The van der Waals surface area contributed by atoms with Crippen LogP contribution in [0.5, 0.6) is 0 Å². The first-order chi connectivity index (χ1) is 15.3. The second-order valence-corrected chi connectivity index (χ2v) is 7.09. The van der Waals surface area contributed by atoms with Crippen molar-refractivity contribution in [3.8, 4) is 0 Å². The molecule has 3 aromatic rings. The summed E-state index contributed by atoms with van der Waals surface area (Å²) in [7, 11) is 1.25. The molecule has 1 atom stereocenters. The number of rotatable bonds is 4. The van der Waals surface area contributed by atoms with E-state index in [1.165, 1.54) is 37.4 Å². The first-order valence-corrected chi connectivity index (χ1v) is 9.50. The molecule has 1 fully saturated rings. The molecule has 32 heavy (non-hydrogen) atoms. The van der Waals surface area contributed by atoms with Crippen LogP contribution in [-0.4, -0.2) is 35.0 Å². The molecule has 0 saturated carbocycles. The van der Waals surface area contributed by atoms with Crippen LogP contribution in [0.2, 0.25) is 0 Å². The number of carbonyl (C=O) groups excluding carboxylic acids is 3. The SMILES string of the molecule is COC(=O)c1ccc([C@@H]2C(=C(O)c3ccc(F)cc3)C(=O)C(=O)N2c2cc(C)on2)cc1. The van der Waals surface area contributed by atoms with Crippen molar-refractivity contribution in [2.75, 3.05) is 12.0 Å². The number of aliphatic hydroxyl groups is 1. The molecule has 1 aromatic heterocycles. The van der Waals surface area contributed by atoms with Crippen LogP contribution in [0, 0.1) is 12.7 Å². The summed E-state index contributed by atoms with van der Waals surface area (Å²) in [5.41, 5.74) is 0.662. The Kier molecular flexibility index (Phi) is 5.31. The van der Waals surface area contributed by atoms with E-state index in [0.717, 1.165) is 17.0 Å². The molecule has 0 radical (unpaired) electrons. The first kappa shape index (κ1) is 21.0. The molecule has 162 valence electrons. The summed E-state index contributed by atoms with van der Waals surface area (Å²) >= 11 is 0. The fourth-order valence-corrected chi connectivity index (χ4v) is 3.53. The fraction of sp³-hybridized carbons (Fsp3) is 0.130. The number of ketones is 1. The van der Waals surface area contributed by atoms with Crippen molar-refractivity contribution in [1.82, 2.24) is 5.16 Å². The minimum Gasteiger partial charge on any atom is -0.507 e. The summed E-state index contributed by atoms with van der Waals surface area (Å²) in [5.74, 6) is -2.88. The molecule has 2 aromatic carbocycles. The van der Waals surface area contributed by atoms with Crippen LogP contribution < -0.4 is 4.90 Å². The standard InChI is InChI=1S/C23H17FN2O6/c1-12-11-17(25-32-12)26-19(13-3-5-15(6-4-13)23(30)31-2)18(21(28)22(26)29)20(27)14-7-9-16(24)10-8-14/h3-11,19,27H,1-2H3/t19-/m1/s1. The van der Waals surface area contributed by atoms with Crippen molar-refractivity contribution in [3.63, 3.8) is 0 Å². The number of hydrogen-bond donors (Lipinski definition) is 1. The van der Waals surface area contributed by atoms with Gasteiger partial charge < -0.3 is 14.4 Å². The lowest BCUT2D eigenvalue weighted by atomic mass is 9.94. The van der Waals surface area contributed by atoms with Gasteiger partial charge in [-0.15, -0.1) is 0 Å². The predicted octanol–water partition coefficient (Wildman–Crippen LogP) is 3.54. The number of halogens is 1. The van der Waals surface area contributed by atoms with Gasteiger partial charge in [-0.3, -0.25) is 14.5 Å². The van der Waals surface area contributed by atoms with Gasteiger partial charge in [0.1, 0.15) is 17.3 Å². The van der Waals surface area contributed by atoms with Crippen molar-refractivity contribution in [2.45, 2.75) is 13.0 Å². The zero-order chi connectivity index (χ0) is 23.0. The Morgan fingerprint density at radius 2 is 1.72 bits per heavy atom. The van der Waals surface area contributed by atoms with Crippen molar-refractivity contribution >= 4 is 29.2 Å². The second kappa shape index (κ2) is 8.10. The van der Waals surface area contributed by atoms with E-state index in [2.05, 4.69) is 5.16 Å². The summed E-state index contributed by atoms with van der Waals surface area (Å²) in [6.45, 7) is 1.63. The summed E-state index contributed by atoms with van der Waals surface area (Å²) in [6, 6.07) is 11.3. The zero-order valence-electron chi connectivity index (χ0n) is 17.0. The van der Waals surface area contributed by atoms with E-state index >= 15 is 0 Å². The number of Topliss-reactive ketones (excluding diaryl/α,β-unsaturated/α-hetero) is 1. The van der Waals surface area contributed by atoms with E-state index in [-0.39, 0.29) is 22.5 Å². The van der Waals surface area contributed by atoms with Crippen molar-refractivity contribution in [2.24, 2.45) is 0 Å². The van der Waals surface area contributed by atoms with Crippen LogP contribution in [0.3, 0.4) is 0 Å². The lowest BCUT2D eigenvalue weighted by molar-refractivity contribution is -0.132. The number of benzene rings is 2. The van der Waals surface area contributed by atoms with Gasteiger partial charge in [0, 0.05) is 11.6 Å². The molecule has 8 nitrogen and oxygen atoms in total. The number of nitrogens with zero attached hydrogens (tertiary/aromatic N) is 2. The van der Waals surface area contributed by atoms with Gasteiger partial charge in [-0.25, -0.2) is 9.18 Å². The van der Waals surface area contributed by atoms with Crippen molar-refractivity contribution in [1.29, 1.82) is 0 Å². The number of carbonyl (C=O) groups is 3. The van der Waals surface area contributed by atoms with Crippen LogP contribution in [0.25, 0.3) is 5.76 Å². The smallest absolute Gasteiger partial charge is 0.337 e. The maximum atomic E-state index is 13.3. The topological polar surface area (TPSA) is 110 Å². The highest BCUT2D eigenvalue weighted by Gasteiger charge is 2.48. The molecular weight excluding hydrogens is 419 g/mol. The van der Waals surface area contributed by atoms with Gasteiger partial charge in [-0.2, -0.15) is 0 Å². The second-order valence-electron chi connectivity index (χ2n) is 7.09. The summed E-state index contributed by atoms with van der Waals surface area (Å²) in [4.78, 5) is 38.8. The van der Waals surface area contributed by atoms with Crippen molar-refractivity contribution < 1.29 is 33.1 Å². The third-order valence-corrected chi connectivity index (χ3v) is 5.07. The minimum atomic E-state index is -1.06. The Morgan fingerprint density at radius 3 is 2.28 bits per heavy atom. The maximum Gasteiger partial charge on any atom is 0.337 e. The number of esters is 1. The number of amides is 1. The van der Waals surface area contributed by atoms with E-state index in [1.807, 2.05) is 0 Å². The Bertz CT molecular complexity index is 1240. The summed E-state index contributed by atoms with van der Waals surface area (Å²) in [6.07, 6.45) is 0. The van der Waals surface area contributed by atoms with Crippen LogP contribution in [0.1, 0.15) is 33.3 Å². The average Bonchev–Trinajstić information content (AvgIpc) is 3.34. The van der Waals surface area contributed by atoms with Gasteiger partial charge in [-0.1, -0.05) is 17.3 Å². The molecule has 0 unspecified atom stereocenters. The van der Waals surface area contributed by atoms with Crippen LogP contribution in [0.4, 0.5) is 10.2 Å². The number of aromatic nitrogens is 1. The summed E-state index contributed by atoms with van der Waals surface area (Å²) < 4.78 is 23.1. The van der Waals surface area contributed by atoms with Crippen LogP contribution in [0.15, 0.2) is 64.7 Å². The Hall–Kier alpha value is -4.27. The monoisotopic (exact) mass is 436 g/mol. The van der Waals surface area contributed by atoms with Crippen LogP contribution in [-0.2, 0) is 14.3 Å². The molecule has 9 heteroatoms. The third-order valence-electron chi connectivity index (χ3n) is 5.07. The molecule has 2 heterocycles. The van der Waals surface area contributed by atoms with E-state index < -0.39 is 35.3 Å². The van der Waals surface area contributed by atoms with E-state index in [1.54, 1.807) is 19.1 Å². The molecule has 1 saturated heterocycles. The lowest BCUT2D eigenvalue weighted by Gasteiger charge is -2.23. The maximum absolute atomic E-state index is 13.3. The van der Waals surface area contributed by atoms with Gasteiger partial charge >= 0.3 is 11.9 Å². The van der Waals surface area contributed by atoms with Crippen LogP contribution >= 0.6 is 0 Å². The molecule has 0 bridgehead atoms. The normalized spacial score (nSPS) is 17.6. The number of ether oxygens (including phenoxy) is 1. The highest BCUT2D eigenvalue weighted by Crippen LogP contribution is 2.41. The van der Waals surface area contributed by atoms with E-state index in [4.69, 9.17) is 9.26 Å². The van der Waals surface area contributed by atoms with Crippen molar-refractivity contribution in [3.05, 3.63) is 88.4 Å². The minimum absolute atomic E-state index is 0.0878. The number of aryl methyl sites for hydroxylation is 1. The zero-order valence-corrected chi connectivity index (χ0v) is 17.0. The first-order valence-electron chi connectivity index (χ1n) is 9.50. The van der Waals surface area contributed by atoms with Gasteiger partial charge in [0.15, 0.2) is 5.82 Å². The molecule has 0 spiro atoms. The quantitative estimate of drug-likeness (QED) is 0.288. The van der Waals surface area contributed by atoms with Gasteiger partial charge in [0.25, 0.3) is 5.78 Å². The highest BCUT2D eigenvalue weighted by atomic mass is 19.1. The molecule has 1 N–H and O–H groups in total. The lowest BCUT2D eigenvalue weighted by Crippen LogP contribution is -2.29. The number of aliphatic hydroxyl groups excluding tert-OH is 1.